The first-order valence-electron chi connectivity index (χ1n) is 7.80. The Kier molecular flexibility index (Phi) is 6.19. The molecule has 1 aromatic rings. The largest absolute Gasteiger partial charge is 0.493 e. The summed E-state index contributed by atoms with van der Waals surface area (Å²) in [5.41, 5.74) is 1.19. The predicted octanol–water partition coefficient (Wildman–Crippen LogP) is 4.59. The lowest BCUT2D eigenvalue weighted by molar-refractivity contribution is 0.334. The van der Waals surface area contributed by atoms with Gasteiger partial charge in [0, 0.05) is 6.04 Å². The molecule has 0 spiro atoms. The van der Waals surface area contributed by atoms with E-state index in [0.717, 1.165) is 0 Å². The van der Waals surface area contributed by atoms with Gasteiger partial charge in [0.15, 0.2) is 11.5 Å². The van der Waals surface area contributed by atoms with E-state index in [0.29, 0.717) is 28.5 Å². The quantitative estimate of drug-likeness (QED) is 0.807. The highest BCUT2D eigenvalue weighted by Gasteiger charge is 2.25. The van der Waals surface area contributed by atoms with Gasteiger partial charge < -0.3 is 14.8 Å². The molecule has 0 saturated heterocycles. The molecule has 1 aliphatic rings. The highest BCUT2D eigenvalue weighted by molar-refractivity contribution is 6.32. The molecule has 1 unspecified atom stereocenters. The van der Waals surface area contributed by atoms with Crippen LogP contribution in [-0.4, -0.2) is 21.3 Å². The minimum Gasteiger partial charge on any atom is -0.493 e. The van der Waals surface area contributed by atoms with E-state index < -0.39 is 0 Å². The molecule has 118 valence electrons. The molecule has 2 rings (SSSR count). The second kappa shape index (κ2) is 7.90. The van der Waals surface area contributed by atoms with Crippen LogP contribution in [-0.2, 0) is 0 Å². The number of hydrogen-bond donors (Lipinski definition) is 1. The summed E-state index contributed by atoms with van der Waals surface area (Å²) in [5, 5.41) is 4.09. The van der Waals surface area contributed by atoms with E-state index in [-0.39, 0.29) is 0 Å². The van der Waals surface area contributed by atoms with E-state index in [1.165, 1.54) is 44.1 Å². The molecule has 1 N–H and O–H groups in total. The van der Waals surface area contributed by atoms with Crippen LogP contribution in [0.3, 0.4) is 0 Å². The van der Waals surface area contributed by atoms with Gasteiger partial charge in [-0.3, -0.25) is 0 Å². The fourth-order valence-electron chi connectivity index (χ4n) is 3.44. The Morgan fingerprint density at radius 3 is 2.29 bits per heavy atom. The first-order chi connectivity index (χ1) is 10.2. The number of ether oxygens (including phenoxy) is 2. The third-order valence-corrected chi connectivity index (χ3v) is 4.78. The zero-order valence-corrected chi connectivity index (χ0v) is 14.0. The summed E-state index contributed by atoms with van der Waals surface area (Å²) in [6.45, 7) is 0. The third kappa shape index (κ3) is 3.83. The van der Waals surface area contributed by atoms with Crippen molar-refractivity contribution < 1.29 is 9.47 Å². The van der Waals surface area contributed by atoms with Gasteiger partial charge in [0.05, 0.1) is 19.2 Å². The maximum atomic E-state index is 6.35. The lowest BCUT2D eigenvalue weighted by Crippen LogP contribution is -2.25. The first-order valence-corrected chi connectivity index (χ1v) is 8.17. The van der Waals surface area contributed by atoms with Crippen LogP contribution in [0.1, 0.15) is 50.1 Å². The minimum absolute atomic E-state index is 0.320. The van der Waals surface area contributed by atoms with E-state index in [2.05, 4.69) is 11.4 Å². The topological polar surface area (TPSA) is 30.5 Å². The summed E-state index contributed by atoms with van der Waals surface area (Å²) in [7, 11) is 5.29. The summed E-state index contributed by atoms with van der Waals surface area (Å²) in [6.07, 6.45) is 7.92. The maximum Gasteiger partial charge on any atom is 0.179 e. The first kappa shape index (κ1) is 16.4. The van der Waals surface area contributed by atoms with Gasteiger partial charge in [0.25, 0.3) is 0 Å². The summed E-state index contributed by atoms with van der Waals surface area (Å²) in [4.78, 5) is 0. The normalized spacial score (nSPS) is 18.1. The molecule has 0 bridgehead atoms. The summed E-state index contributed by atoms with van der Waals surface area (Å²) in [5.74, 6) is 1.97. The van der Waals surface area contributed by atoms with E-state index in [1.807, 2.05) is 13.1 Å². The van der Waals surface area contributed by atoms with E-state index >= 15 is 0 Å². The van der Waals surface area contributed by atoms with Crippen LogP contribution in [0, 0.1) is 5.92 Å². The number of halogens is 1. The van der Waals surface area contributed by atoms with Gasteiger partial charge >= 0.3 is 0 Å². The molecule has 0 aliphatic heterocycles. The van der Waals surface area contributed by atoms with Crippen molar-refractivity contribution in [2.24, 2.45) is 5.92 Å². The Morgan fingerprint density at radius 2 is 1.76 bits per heavy atom. The molecule has 1 aromatic carbocycles. The molecule has 21 heavy (non-hydrogen) atoms. The van der Waals surface area contributed by atoms with Crippen molar-refractivity contribution >= 4 is 11.6 Å². The molecule has 1 saturated carbocycles. The zero-order chi connectivity index (χ0) is 15.2. The van der Waals surface area contributed by atoms with E-state index in [1.54, 1.807) is 14.2 Å². The van der Waals surface area contributed by atoms with Gasteiger partial charge in [-0.1, -0.05) is 37.3 Å². The molecule has 0 amide bonds. The lowest BCUT2D eigenvalue weighted by atomic mass is 9.87. The standard InChI is InChI=1S/C17H26ClNO2/c1-19-16(12-8-6-4-5-7-9-12)13-10-14(18)17(21-3)15(11-13)20-2/h10-12,16,19H,4-9H2,1-3H3. The molecule has 1 aliphatic carbocycles. The van der Waals surface area contributed by atoms with Gasteiger partial charge in [-0.15, -0.1) is 0 Å². The number of hydrogen-bond acceptors (Lipinski definition) is 3. The molecule has 4 heteroatoms. The summed E-state index contributed by atoms with van der Waals surface area (Å²) < 4.78 is 10.8. The number of rotatable bonds is 5. The van der Waals surface area contributed by atoms with Gasteiger partial charge in [-0.25, -0.2) is 0 Å². The lowest BCUT2D eigenvalue weighted by Gasteiger charge is -2.27. The highest BCUT2D eigenvalue weighted by Crippen LogP contribution is 2.41. The van der Waals surface area contributed by atoms with Gasteiger partial charge in [0.2, 0.25) is 0 Å². The molecular weight excluding hydrogens is 286 g/mol. The van der Waals surface area contributed by atoms with Crippen molar-refractivity contribution in [3.05, 3.63) is 22.7 Å². The Balaban J connectivity index is 2.30. The Labute approximate surface area is 133 Å². The number of methoxy groups -OCH3 is 2. The molecule has 0 aromatic heterocycles. The molecule has 0 heterocycles. The highest BCUT2D eigenvalue weighted by atomic mass is 35.5. The van der Waals surface area contributed by atoms with Crippen LogP contribution < -0.4 is 14.8 Å². The van der Waals surface area contributed by atoms with Crippen LogP contribution in [0.2, 0.25) is 5.02 Å². The Morgan fingerprint density at radius 1 is 1.10 bits per heavy atom. The molecule has 0 radical (unpaired) electrons. The molecule has 1 fully saturated rings. The second-order valence-corrected chi connectivity index (χ2v) is 6.16. The second-order valence-electron chi connectivity index (χ2n) is 5.76. The zero-order valence-electron chi connectivity index (χ0n) is 13.2. The molecule has 3 nitrogen and oxygen atoms in total. The predicted molar refractivity (Wildman–Crippen MR) is 87.5 cm³/mol. The van der Waals surface area contributed by atoms with Crippen molar-refractivity contribution in [3.8, 4) is 11.5 Å². The Hall–Kier alpha value is -0.930. The van der Waals surface area contributed by atoms with Gasteiger partial charge in [-0.2, -0.15) is 0 Å². The van der Waals surface area contributed by atoms with Crippen LogP contribution >= 0.6 is 11.6 Å². The maximum absolute atomic E-state index is 6.35. The fourth-order valence-corrected chi connectivity index (χ4v) is 3.73. The van der Waals surface area contributed by atoms with Crippen molar-refractivity contribution in [1.82, 2.24) is 5.32 Å². The third-order valence-electron chi connectivity index (χ3n) is 4.50. The van der Waals surface area contributed by atoms with E-state index in [9.17, 15) is 0 Å². The smallest absolute Gasteiger partial charge is 0.179 e. The van der Waals surface area contributed by atoms with Crippen LogP contribution in [0.5, 0.6) is 11.5 Å². The Bertz CT molecular complexity index is 456. The SMILES string of the molecule is CNC(c1cc(Cl)c(OC)c(OC)c1)C1CCCCCC1. The minimum atomic E-state index is 0.320. The number of nitrogens with one attached hydrogen (secondary N) is 1. The van der Waals surface area contributed by atoms with Crippen molar-refractivity contribution in [2.75, 3.05) is 21.3 Å². The van der Waals surface area contributed by atoms with Crippen LogP contribution in [0.4, 0.5) is 0 Å². The van der Waals surface area contributed by atoms with Gasteiger partial charge in [0.1, 0.15) is 0 Å². The molecular formula is C17H26ClNO2. The van der Waals surface area contributed by atoms with Crippen molar-refractivity contribution in [2.45, 2.75) is 44.6 Å². The monoisotopic (exact) mass is 311 g/mol. The van der Waals surface area contributed by atoms with Crippen molar-refractivity contribution in [3.63, 3.8) is 0 Å². The average Bonchev–Trinajstić information content (AvgIpc) is 2.76. The molecule has 1 atom stereocenters. The average molecular weight is 312 g/mol. The summed E-state index contributed by atoms with van der Waals surface area (Å²) in [6, 6.07) is 4.38. The number of benzene rings is 1. The van der Waals surface area contributed by atoms with Gasteiger partial charge in [-0.05, 0) is 43.5 Å². The van der Waals surface area contributed by atoms with Crippen LogP contribution in [0.25, 0.3) is 0 Å². The van der Waals surface area contributed by atoms with Crippen LogP contribution in [0.15, 0.2) is 12.1 Å². The van der Waals surface area contributed by atoms with E-state index in [4.69, 9.17) is 21.1 Å². The fraction of sp³-hybridized carbons (Fsp3) is 0.647. The van der Waals surface area contributed by atoms with Crippen molar-refractivity contribution in [1.29, 1.82) is 0 Å². The summed E-state index contributed by atoms with van der Waals surface area (Å²) >= 11 is 6.35.